The lowest BCUT2D eigenvalue weighted by atomic mass is 10.1. The van der Waals surface area contributed by atoms with Gasteiger partial charge in [0.25, 0.3) is 5.91 Å². The molecular weight excluding hydrogens is 362 g/mol. The summed E-state index contributed by atoms with van der Waals surface area (Å²) in [6.45, 7) is 4.57. The maximum atomic E-state index is 12.8. The summed E-state index contributed by atoms with van der Waals surface area (Å²) in [4.78, 5) is 33.4. The van der Waals surface area contributed by atoms with Crippen molar-refractivity contribution in [2.45, 2.75) is 31.8 Å². The molecule has 0 saturated carbocycles. The minimum atomic E-state index is -0.0614. The predicted molar refractivity (Wildman–Crippen MR) is 105 cm³/mol. The van der Waals surface area contributed by atoms with Gasteiger partial charge in [0.2, 0.25) is 5.56 Å². The van der Waals surface area contributed by atoms with Crippen LogP contribution in [0.4, 0.5) is 0 Å². The van der Waals surface area contributed by atoms with Gasteiger partial charge in [-0.3, -0.25) is 14.5 Å². The van der Waals surface area contributed by atoms with Crippen molar-refractivity contribution in [3.8, 4) is 0 Å². The van der Waals surface area contributed by atoms with Crippen LogP contribution in [0.3, 0.4) is 0 Å². The Kier molecular flexibility index (Phi) is 5.71. The summed E-state index contributed by atoms with van der Waals surface area (Å²) in [6, 6.07) is 8.02. The van der Waals surface area contributed by atoms with Gasteiger partial charge in [0.05, 0.1) is 11.5 Å². The Balaban J connectivity index is 1.46. The first-order valence-electron chi connectivity index (χ1n) is 9.59. The van der Waals surface area contributed by atoms with E-state index >= 15 is 0 Å². The van der Waals surface area contributed by atoms with Gasteiger partial charge in [-0.15, -0.1) is 11.3 Å². The largest absolute Gasteiger partial charge is 0.380 e. The number of pyridine rings is 1. The summed E-state index contributed by atoms with van der Waals surface area (Å²) in [7, 11) is 0. The molecule has 2 aromatic rings. The van der Waals surface area contributed by atoms with E-state index in [-0.39, 0.29) is 11.5 Å². The normalized spacial score (nSPS) is 21.3. The second-order valence-electron chi connectivity index (χ2n) is 7.15. The van der Waals surface area contributed by atoms with E-state index in [1.807, 2.05) is 17.0 Å². The summed E-state index contributed by atoms with van der Waals surface area (Å²) >= 11 is 1.61. The molecule has 2 saturated heterocycles. The molecule has 1 amide bonds. The molecule has 2 aliphatic rings. The molecular formula is C20H25N3O3S. The number of ether oxygens (including phenoxy) is 1. The minimum absolute atomic E-state index is 0.0614. The molecule has 2 fully saturated rings. The van der Waals surface area contributed by atoms with E-state index in [1.54, 1.807) is 23.6 Å². The van der Waals surface area contributed by atoms with Crippen LogP contribution in [0.5, 0.6) is 0 Å². The number of rotatable bonds is 4. The van der Waals surface area contributed by atoms with E-state index in [4.69, 9.17) is 4.74 Å². The van der Waals surface area contributed by atoms with E-state index in [9.17, 15) is 9.59 Å². The SMILES string of the molecule is O=C(c1ccc(C2CCCN2Cc2cc[nH]c(=O)c2)s1)N1CCCOCC1. The first-order chi connectivity index (χ1) is 13.2. The predicted octanol–water partition coefficient (Wildman–Crippen LogP) is 2.64. The van der Waals surface area contributed by atoms with Crippen LogP contribution in [0.1, 0.15) is 45.4 Å². The van der Waals surface area contributed by atoms with Crippen LogP contribution < -0.4 is 5.56 Å². The molecule has 4 heterocycles. The zero-order valence-electron chi connectivity index (χ0n) is 15.4. The minimum Gasteiger partial charge on any atom is -0.380 e. The Morgan fingerprint density at radius 2 is 2.11 bits per heavy atom. The Morgan fingerprint density at radius 3 is 3.00 bits per heavy atom. The number of H-pyrrole nitrogens is 1. The molecule has 0 radical (unpaired) electrons. The number of nitrogens with one attached hydrogen (secondary N) is 1. The molecule has 1 N–H and O–H groups in total. The second kappa shape index (κ2) is 8.37. The lowest BCUT2D eigenvalue weighted by Crippen LogP contribution is -2.32. The molecule has 0 aromatic carbocycles. The molecule has 0 bridgehead atoms. The van der Waals surface area contributed by atoms with Crippen LogP contribution >= 0.6 is 11.3 Å². The fourth-order valence-corrected chi connectivity index (χ4v) is 5.06. The number of carbonyl (C=O) groups is 1. The Hall–Kier alpha value is -1.96. The Labute approximate surface area is 162 Å². The smallest absolute Gasteiger partial charge is 0.264 e. The van der Waals surface area contributed by atoms with E-state index < -0.39 is 0 Å². The average Bonchev–Trinajstić information content (AvgIpc) is 3.23. The van der Waals surface area contributed by atoms with Crippen LogP contribution in [0.2, 0.25) is 0 Å². The van der Waals surface area contributed by atoms with Crippen LogP contribution in [0.15, 0.2) is 35.3 Å². The number of hydrogen-bond donors (Lipinski definition) is 1. The van der Waals surface area contributed by atoms with Crippen LogP contribution in [-0.4, -0.2) is 53.5 Å². The molecule has 2 aromatic heterocycles. The van der Waals surface area contributed by atoms with Gasteiger partial charge >= 0.3 is 0 Å². The molecule has 1 unspecified atom stereocenters. The quantitative estimate of drug-likeness (QED) is 0.876. The molecule has 7 heteroatoms. The summed E-state index contributed by atoms with van der Waals surface area (Å²) in [5, 5.41) is 0. The van der Waals surface area contributed by atoms with Crippen molar-refractivity contribution in [1.29, 1.82) is 0 Å². The molecule has 6 nitrogen and oxygen atoms in total. The highest BCUT2D eigenvalue weighted by molar-refractivity contribution is 7.14. The van der Waals surface area contributed by atoms with Crippen LogP contribution in [0, 0.1) is 0 Å². The van der Waals surface area contributed by atoms with E-state index in [0.717, 1.165) is 55.9 Å². The van der Waals surface area contributed by atoms with Gasteiger partial charge in [-0.25, -0.2) is 0 Å². The van der Waals surface area contributed by atoms with Crippen molar-refractivity contribution in [3.05, 3.63) is 56.1 Å². The standard InChI is InChI=1S/C20H25N3O3S/c24-19-13-15(6-7-21-19)14-23-8-1-3-16(23)17-4-5-18(27-17)20(25)22-9-2-11-26-12-10-22/h4-7,13,16H,1-3,8-12,14H2,(H,21,24). The summed E-state index contributed by atoms with van der Waals surface area (Å²) in [5.41, 5.74) is 0.969. The van der Waals surface area contributed by atoms with Crippen molar-refractivity contribution >= 4 is 17.2 Å². The third-order valence-corrected chi connectivity index (χ3v) is 6.44. The van der Waals surface area contributed by atoms with Crippen molar-refractivity contribution in [2.24, 2.45) is 0 Å². The summed E-state index contributed by atoms with van der Waals surface area (Å²) < 4.78 is 5.45. The number of amides is 1. The zero-order valence-corrected chi connectivity index (χ0v) is 16.2. The van der Waals surface area contributed by atoms with E-state index in [0.29, 0.717) is 19.2 Å². The average molecular weight is 388 g/mol. The monoisotopic (exact) mass is 387 g/mol. The van der Waals surface area contributed by atoms with Crippen molar-refractivity contribution < 1.29 is 9.53 Å². The van der Waals surface area contributed by atoms with E-state index in [1.165, 1.54) is 4.88 Å². The molecule has 0 spiro atoms. The third kappa shape index (κ3) is 4.31. The number of carbonyl (C=O) groups excluding carboxylic acids is 1. The van der Waals surface area contributed by atoms with Gasteiger partial charge in [-0.2, -0.15) is 0 Å². The maximum absolute atomic E-state index is 12.8. The van der Waals surface area contributed by atoms with Gasteiger partial charge in [0, 0.05) is 49.4 Å². The van der Waals surface area contributed by atoms with E-state index in [2.05, 4.69) is 16.0 Å². The van der Waals surface area contributed by atoms with Gasteiger partial charge in [0.15, 0.2) is 0 Å². The molecule has 0 aliphatic carbocycles. The number of aromatic amines is 1. The van der Waals surface area contributed by atoms with Gasteiger partial charge in [-0.05, 0) is 49.6 Å². The number of thiophene rings is 1. The maximum Gasteiger partial charge on any atom is 0.264 e. The van der Waals surface area contributed by atoms with Gasteiger partial charge in [-0.1, -0.05) is 0 Å². The molecule has 144 valence electrons. The number of likely N-dealkylation sites (tertiary alicyclic amines) is 1. The second-order valence-corrected chi connectivity index (χ2v) is 8.27. The van der Waals surface area contributed by atoms with Crippen molar-refractivity contribution in [2.75, 3.05) is 32.8 Å². The lowest BCUT2D eigenvalue weighted by molar-refractivity contribution is 0.0746. The number of nitrogens with zero attached hydrogens (tertiary/aromatic N) is 2. The highest BCUT2D eigenvalue weighted by Crippen LogP contribution is 2.37. The number of aromatic nitrogens is 1. The molecule has 27 heavy (non-hydrogen) atoms. The van der Waals surface area contributed by atoms with Crippen LogP contribution in [0.25, 0.3) is 0 Å². The Bertz CT molecular complexity index is 839. The summed E-state index contributed by atoms with van der Waals surface area (Å²) in [6.07, 6.45) is 4.83. The van der Waals surface area contributed by atoms with Crippen molar-refractivity contribution in [3.63, 3.8) is 0 Å². The Morgan fingerprint density at radius 1 is 1.19 bits per heavy atom. The highest BCUT2D eigenvalue weighted by atomic mass is 32.1. The lowest BCUT2D eigenvalue weighted by Gasteiger charge is -2.23. The first kappa shape index (κ1) is 18.4. The fraction of sp³-hybridized carbons (Fsp3) is 0.500. The van der Waals surface area contributed by atoms with Gasteiger partial charge in [0.1, 0.15) is 0 Å². The molecule has 2 aliphatic heterocycles. The highest BCUT2D eigenvalue weighted by Gasteiger charge is 2.28. The fourth-order valence-electron chi connectivity index (χ4n) is 3.91. The molecule has 4 rings (SSSR count). The topological polar surface area (TPSA) is 65.6 Å². The third-order valence-electron chi connectivity index (χ3n) is 5.26. The van der Waals surface area contributed by atoms with Gasteiger partial charge < -0.3 is 14.6 Å². The number of hydrogen-bond acceptors (Lipinski definition) is 5. The van der Waals surface area contributed by atoms with Crippen molar-refractivity contribution in [1.82, 2.24) is 14.8 Å². The summed E-state index contributed by atoms with van der Waals surface area (Å²) in [5.74, 6) is 0.121. The zero-order chi connectivity index (χ0) is 18.6. The molecule has 1 atom stereocenters. The van der Waals surface area contributed by atoms with Crippen LogP contribution in [-0.2, 0) is 11.3 Å². The first-order valence-corrected chi connectivity index (χ1v) is 10.4.